The SMILES string of the molecule is NCCOCCOCCOCCOCCOc1ccc(C=O)cc1. The molecule has 0 aliphatic carbocycles. The quantitative estimate of drug-likeness (QED) is 0.353. The highest BCUT2D eigenvalue weighted by Gasteiger charge is 1.96. The predicted molar refractivity (Wildman–Crippen MR) is 89.7 cm³/mol. The molecule has 0 aromatic heterocycles. The molecule has 0 fully saturated rings. The number of carbonyl (C=O) groups is 1. The standard InChI is InChI=1S/C17H27NO6/c18-5-6-20-7-8-21-9-10-22-11-12-23-13-14-24-17-3-1-16(15-19)2-4-17/h1-4,15H,5-14,18H2. The van der Waals surface area contributed by atoms with E-state index in [2.05, 4.69) is 0 Å². The third-order valence-corrected chi connectivity index (χ3v) is 2.89. The van der Waals surface area contributed by atoms with Crippen LogP contribution in [-0.4, -0.2) is 72.3 Å². The van der Waals surface area contributed by atoms with E-state index in [4.69, 9.17) is 29.4 Å². The summed E-state index contributed by atoms with van der Waals surface area (Å²) >= 11 is 0. The van der Waals surface area contributed by atoms with E-state index in [-0.39, 0.29) is 0 Å². The van der Waals surface area contributed by atoms with Crippen molar-refractivity contribution in [3.63, 3.8) is 0 Å². The molecular formula is C17H27NO6. The van der Waals surface area contributed by atoms with Crippen LogP contribution >= 0.6 is 0 Å². The first-order valence-corrected chi connectivity index (χ1v) is 8.06. The molecule has 1 rings (SSSR count). The van der Waals surface area contributed by atoms with Crippen LogP contribution in [0.4, 0.5) is 0 Å². The minimum atomic E-state index is 0.451. The Morgan fingerprint density at radius 1 is 0.708 bits per heavy atom. The first kappa shape index (κ1) is 20.5. The lowest BCUT2D eigenvalue weighted by molar-refractivity contribution is -0.00386. The zero-order valence-electron chi connectivity index (χ0n) is 14.0. The van der Waals surface area contributed by atoms with Gasteiger partial charge >= 0.3 is 0 Å². The molecule has 0 heterocycles. The summed E-state index contributed by atoms with van der Waals surface area (Å²) in [5.74, 6) is 0.716. The normalized spacial score (nSPS) is 10.7. The Morgan fingerprint density at radius 3 is 1.62 bits per heavy atom. The summed E-state index contributed by atoms with van der Waals surface area (Å²) < 4.78 is 26.7. The molecule has 0 saturated carbocycles. The van der Waals surface area contributed by atoms with E-state index in [1.54, 1.807) is 24.3 Å². The number of rotatable bonds is 16. The molecule has 0 aliphatic heterocycles. The van der Waals surface area contributed by atoms with Gasteiger partial charge in [0.2, 0.25) is 0 Å². The van der Waals surface area contributed by atoms with Crippen molar-refractivity contribution in [1.29, 1.82) is 0 Å². The van der Waals surface area contributed by atoms with Crippen LogP contribution in [0.25, 0.3) is 0 Å². The number of carbonyl (C=O) groups excluding carboxylic acids is 1. The van der Waals surface area contributed by atoms with Crippen molar-refractivity contribution in [3.8, 4) is 5.75 Å². The molecule has 0 aliphatic rings. The van der Waals surface area contributed by atoms with Gasteiger partial charge in [-0.05, 0) is 24.3 Å². The second-order valence-electron chi connectivity index (χ2n) is 4.77. The molecule has 0 radical (unpaired) electrons. The van der Waals surface area contributed by atoms with Gasteiger partial charge in [-0.3, -0.25) is 4.79 Å². The van der Waals surface area contributed by atoms with Crippen molar-refractivity contribution >= 4 is 6.29 Å². The Bertz CT molecular complexity index is 412. The Morgan fingerprint density at radius 2 is 1.17 bits per heavy atom. The topological polar surface area (TPSA) is 89.2 Å². The summed E-state index contributed by atoms with van der Waals surface area (Å²) in [5.41, 5.74) is 5.92. The highest BCUT2D eigenvalue weighted by Crippen LogP contribution is 2.10. The van der Waals surface area contributed by atoms with Gasteiger partial charge in [0.15, 0.2) is 0 Å². The van der Waals surface area contributed by atoms with Gasteiger partial charge in [-0.15, -0.1) is 0 Å². The molecule has 0 spiro atoms. The van der Waals surface area contributed by atoms with Gasteiger partial charge < -0.3 is 29.4 Å². The smallest absolute Gasteiger partial charge is 0.150 e. The zero-order chi connectivity index (χ0) is 17.3. The molecule has 7 nitrogen and oxygen atoms in total. The van der Waals surface area contributed by atoms with Crippen molar-refractivity contribution in [2.24, 2.45) is 5.73 Å². The fraction of sp³-hybridized carbons (Fsp3) is 0.588. The van der Waals surface area contributed by atoms with Crippen LogP contribution in [0.1, 0.15) is 10.4 Å². The number of aldehydes is 1. The number of hydrogen-bond acceptors (Lipinski definition) is 7. The average molecular weight is 341 g/mol. The molecule has 0 unspecified atom stereocenters. The predicted octanol–water partition coefficient (Wildman–Crippen LogP) is 0.903. The van der Waals surface area contributed by atoms with Gasteiger partial charge in [-0.25, -0.2) is 0 Å². The lowest BCUT2D eigenvalue weighted by Crippen LogP contribution is -2.15. The Kier molecular flexibility index (Phi) is 12.9. The molecule has 0 bridgehead atoms. The molecule has 2 N–H and O–H groups in total. The molecule has 7 heteroatoms. The number of nitrogens with two attached hydrogens (primary N) is 1. The largest absolute Gasteiger partial charge is 0.491 e. The minimum Gasteiger partial charge on any atom is -0.491 e. The van der Waals surface area contributed by atoms with Crippen LogP contribution in [-0.2, 0) is 18.9 Å². The molecule has 24 heavy (non-hydrogen) atoms. The highest BCUT2D eigenvalue weighted by atomic mass is 16.6. The zero-order valence-corrected chi connectivity index (χ0v) is 14.0. The van der Waals surface area contributed by atoms with Crippen LogP contribution in [0, 0.1) is 0 Å². The maximum absolute atomic E-state index is 10.5. The maximum atomic E-state index is 10.5. The van der Waals surface area contributed by atoms with E-state index in [1.807, 2.05) is 0 Å². The van der Waals surface area contributed by atoms with E-state index in [0.717, 1.165) is 6.29 Å². The molecule has 0 saturated heterocycles. The second-order valence-corrected chi connectivity index (χ2v) is 4.77. The second kappa shape index (κ2) is 15.0. The van der Waals surface area contributed by atoms with Crippen molar-refractivity contribution < 1.29 is 28.5 Å². The maximum Gasteiger partial charge on any atom is 0.150 e. The van der Waals surface area contributed by atoms with Gasteiger partial charge in [-0.1, -0.05) is 0 Å². The molecule has 136 valence electrons. The molecule has 1 aromatic rings. The van der Waals surface area contributed by atoms with E-state index >= 15 is 0 Å². The van der Waals surface area contributed by atoms with E-state index in [1.165, 1.54) is 0 Å². The number of benzene rings is 1. The van der Waals surface area contributed by atoms with Crippen LogP contribution < -0.4 is 10.5 Å². The van der Waals surface area contributed by atoms with Gasteiger partial charge in [0, 0.05) is 12.1 Å². The minimum absolute atomic E-state index is 0.451. The summed E-state index contributed by atoms with van der Waals surface area (Å²) in [6.45, 7) is 5.20. The summed E-state index contributed by atoms with van der Waals surface area (Å²) in [6, 6.07) is 6.94. The van der Waals surface area contributed by atoms with E-state index < -0.39 is 0 Å². The fourth-order valence-electron chi connectivity index (χ4n) is 1.71. The first-order valence-electron chi connectivity index (χ1n) is 8.06. The van der Waals surface area contributed by atoms with Gasteiger partial charge in [0.25, 0.3) is 0 Å². The Labute approximate surface area is 143 Å². The lowest BCUT2D eigenvalue weighted by atomic mass is 10.2. The summed E-state index contributed by atoms with van der Waals surface area (Å²) in [4.78, 5) is 10.5. The monoisotopic (exact) mass is 341 g/mol. The molecule has 0 amide bonds. The van der Waals surface area contributed by atoms with Gasteiger partial charge in [-0.2, -0.15) is 0 Å². The average Bonchev–Trinajstić information content (AvgIpc) is 2.62. The lowest BCUT2D eigenvalue weighted by Gasteiger charge is -2.08. The van der Waals surface area contributed by atoms with Crippen molar-refractivity contribution in [2.75, 3.05) is 66.0 Å². The van der Waals surface area contributed by atoms with Crippen LogP contribution in [0.3, 0.4) is 0 Å². The molecular weight excluding hydrogens is 314 g/mol. The third kappa shape index (κ3) is 11.1. The first-order chi connectivity index (χ1) is 11.9. The van der Waals surface area contributed by atoms with Crippen LogP contribution in [0.2, 0.25) is 0 Å². The van der Waals surface area contributed by atoms with E-state index in [9.17, 15) is 4.79 Å². The van der Waals surface area contributed by atoms with Crippen molar-refractivity contribution in [2.45, 2.75) is 0 Å². The summed E-state index contributed by atoms with van der Waals surface area (Å²) in [7, 11) is 0. The Balaban J connectivity index is 1.81. The summed E-state index contributed by atoms with van der Waals surface area (Å²) in [6.07, 6.45) is 0.799. The highest BCUT2D eigenvalue weighted by molar-refractivity contribution is 5.74. The number of ether oxygens (including phenoxy) is 5. The van der Waals surface area contributed by atoms with Crippen molar-refractivity contribution in [1.82, 2.24) is 0 Å². The summed E-state index contributed by atoms with van der Waals surface area (Å²) in [5, 5.41) is 0. The molecule has 1 aromatic carbocycles. The van der Waals surface area contributed by atoms with Gasteiger partial charge in [0.1, 0.15) is 18.6 Å². The van der Waals surface area contributed by atoms with E-state index in [0.29, 0.717) is 77.3 Å². The Hall–Kier alpha value is -1.51. The van der Waals surface area contributed by atoms with Crippen LogP contribution in [0.15, 0.2) is 24.3 Å². The number of hydrogen-bond donors (Lipinski definition) is 1. The third-order valence-electron chi connectivity index (χ3n) is 2.89. The van der Waals surface area contributed by atoms with Gasteiger partial charge in [0.05, 0.1) is 52.9 Å². The molecule has 0 atom stereocenters. The fourth-order valence-corrected chi connectivity index (χ4v) is 1.71. The van der Waals surface area contributed by atoms with Crippen molar-refractivity contribution in [3.05, 3.63) is 29.8 Å². The van der Waals surface area contributed by atoms with Crippen LogP contribution in [0.5, 0.6) is 5.75 Å².